The molecular weight excluding hydrogens is 458 g/mol. The summed E-state index contributed by atoms with van der Waals surface area (Å²) in [5.41, 5.74) is 5.79. The Hall–Kier alpha value is -3.49. The zero-order chi connectivity index (χ0) is 25.4. The highest BCUT2D eigenvalue weighted by molar-refractivity contribution is 5.22. The van der Waals surface area contributed by atoms with E-state index in [-0.39, 0.29) is 0 Å². The number of nitrogens with zero attached hydrogens (tertiary/aromatic N) is 4. The summed E-state index contributed by atoms with van der Waals surface area (Å²) in [4.78, 5) is 15.7. The van der Waals surface area contributed by atoms with Crippen molar-refractivity contribution < 1.29 is 0 Å². The van der Waals surface area contributed by atoms with Gasteiger partial charge in [-0.3, -0.25) is 19.9 Å². The van der Waals surface area contributed by atoms with Crippen molar-refractivity contribution in [1.29, 1.82) is 0 Å². The van der Waals surface area contributed by atoms with Crippen LogP contribution < -0.4 is 16.0 Å². The number of rotatable bonds is 16. The Bertz CT molecular complexity index is 1080. The fraction of sp³-hybridized carbons (Fsp3) is 0.300. The molecule has 0 atom stereocenters. The largest absolute Gasteiger partial charge is 0.310 e. The van der Waals surface area contributed by atoms with Crippen LogP contribution in [-0.4, -0.2) is 46.0 Å². The highest BCUT2D eigenvalue weighted by Gasteiger charge is 2.07. The van der Waals surface area contributed by atoms with Gasteiger partial charge >= 0.3 is 0 Å². The van der Waals surface area contributed by atoms with Gasteiger partial charge in [-0.25, -0.2) is 0 Å². The summed E-state index contributed by atoms with van der Waals surface area (Å²) in [5, 5.41) is 10.5. The zero-order valence-electron chi connectivity index (χ0n) is 21.4. The number of hydrogen-bond donors (Lipinski definition) is 3. The van der Waals surface area contributed by atoms with Crippen LogP contribution in [0.25, 0.3) is 0 Å². The van der Waals surface area contributed by atoms with Crippen LogP contribution in [0.4, 0.5) is 0 Å². The molecule has 0 fully saturated rings. The van der Waals surface area contributed by atoms with E-state index < -0.39 is 0 Å². The van der Waals surface area contributed by atoms with Crippen molar-refractivity contribution in [2.24, 2.45) is 0 Å². The zero-order valence-corrected chi connectivity index (χ0v) is 21.4. The normalized spacial score (nSPS) is 11.2. The number of hydrogen-bond acceptors (Lipinski definition) is 7. The predicted molar refractivity (Wildman–Crippen MR) is 148 cm³/mol. The van der Waals surface area contributed by atoms with Crippen molar-refractivity contribution in [3.63, 3.8) is 0 Å². The Labute approximate surface area is 220 Å². The SMILES string of the molecule is c1ccc(CNCCN(CCNCc2ccccn2)Cc2ccc(CNCc3ccccn3)cc2)nc1. The molecule has 0 aliphatic heterocycles. The van der Waals surface area contributed by atoms with E-state index in [0.29, 0.717) is 0 Å². The molecule has 0 aliphatic carbocycles. The summed E-state index contributed by atoms with van der Waals surface area (Å²) in [7, 11) is 0. The van der Waals surface area contributed by atoms with E-state index >= 15 is 0 Å². The van der Waals surface area contributed by atoms with Crippen molar-refractivity contribution in [2.45, 2.75) is 32.7 Å². The molecule has 4 aromatic rings. The molecular formula is C30H37N7. The molecule has 7 heteroatoms. The van der Waals surface area contributed by atoms with Crippen LogP contribution in [0.2, 0.25) is 0 Å². The molecule has 0 bridgehead atoms. The summed E-state index contributed by atoms with van der Waals surface area (Å²) in [6, 6.07) is 27.0. The number of benzene rings is 1. The lowest BCUT2D eigenvalue weighted by atomic mass is 10.1. The maximum absolute atomic E-state index is 4.40. The maximum Gasteiger partial charge on any atom is 0.0541 e. The molecule has 7 nitrogen and oxygen atoms in total. The highest BCUT2D eigenvalue weighted by atomic mass is 15.1. The minimum atomic E-state index is 0.771. The highest BCUT2D eigenvalue weighted by Crippen LogP contribution is 2.08. The fourth-order valence-electron chi connectivity index (χ4n) is 4.04. The minimum absolute atomic E-state index is 0.771. The first kappa shape index (κ1) is 26.6. The van der Waals surface area contributed by atoms with Gasteiger partial charge in [-0.2, -0.15) is 0 Å². The van der Waals surface area contributed by atoms with Gasteiger partial charge < -0.3 is 16.0 Å². The van der Waals surface area contributed by atoms with Gasteiger partial charge in [0.15, 0.2) is 0 Å². The molecule has 0 amide bonds. The van der Waals surface area contributed by atoms with Crippen LogP contribution in [0.1, 0.15) is 28.2 Å². The van der Waals surface area contributed by atoms with Gasteiger partial charge in [0, 0.05) is 77.5 Å². The molecule has 0 spiro atoms. The monoisotopic (exact) mass is 495 g/mol. The topological polar surface area (TPSA) is 78.0 Å². The fourth-order valence-corrected chi connectivity index (χ4v) is 4.04. The molecule has 0 radical (unpaired) electrons. The standard InChI is InChI=1S/C30H37N7/c1-4-14-34-28(7-1)22-31-17-19-37(20-18-32-23-29-8-2-5-15-35-29)25-27-12-10-26(11-13-27)21-33-24-30-9-3-6-16-36-30/h1-16,31-33H,17-25H2. The van der Waals surface area contributed by atoms with Gasteiger partial charge in [0.2, 0.25) is 0 Å². The van der Waals surface area contributed by atoms with Crippen LogP contribution >= 0.6 is 0 Å². The molecule has 0 saturated carbocycles. The quantitative estimate of drug-likeness (QED) is 0.205. The van der Waals surface area contributed by atoms with E-state index in [1.807, 2.05) is 61.1 Å². The van der Waals surface area contributed by atoms with E-state index in [9.17, 15) is 0 Å². The third-order valence-electron chi connectivity index (χ3n) is 6.06. The van der Waals surface area contributed by atoms with Crippen LogP contribution in [0.5, 0.6) is 0 Å². The van der Waals surface area contributed by atoms with Crippen LogP contribution in [0.15, 0.2) is 97.5 Å². The molecule has 0 unspecified atom stereocenters. The lowest BCUT2D eigenvalue weighted by Crippen LogP contribution is -2.36. The third-order valence-corrected chi connectivity index (χ3v) is 6.06. The lowest BCUT2D eigenvalue weighted by Gasteiger charge is -2.23. The molecule has 3 heterocycles. The summed E-state index contributed by atoms with van der Waals surface area (Å²) in [6.45, 7) is 7.83. The Balaban J connectivity index is 1.23. The van der Waals surface area contributed by atoms with Crippen molar-refractivity contribution in [2.75, 3.05) is 26.2 Å². The summed E-state index contributed by atoms with van der Waals surface area (Å²) >= 11 is 0. The van der Waals surface area contributed by atoms with E-state index in [1.165, 1.54) is 11.1 Å². The Morgan fingerprint density at radius 3 is 1.41 bits per heavy atom. The first-order valence-electron chi connectivity index (χ1n) is 13.0. The van der Waals surface area contributed by atoms with Gasteiger partial charge in [-0.15, -0.1) is 0 Å². The number of pyridine rings is 3. The van der Waals surface area contributed by atoms with Gasteiger partial charge in [0.25, 0.3) is 0 Å². The van der Waals surface area contributed by atoms with Gasteiger partial charge in [0.05, 0.1) is 17.1 Å². The van der Waals surface area contributed by atoms with E-state index in [2.05, 4.69) is 72.2 Å². The molecule has 3 aromatic heterocycles. The first-order chi connectivity index (χ1) is 18.3. The van der Waals surface area contributed by atoms with E-state index in [0.717, 1.165) is 76.0 Å². The Kier molecular flexibility index (Phi) is 11.2. The summed E-state index contributed by atoms with van der Waals surface area (Å²) in [5.74, 6) is 0. The molecule has 0 aliphatic rings. The third kappa shape index (κ3) is 10.2. The van der Waals surface area contributed by atoms with Gasteiger partial charge in [0.1, 0.15) is 0 Å². The Morgan fingerprint density at radius 2 is 0.946 bits per heavy atom. The number of aromatic nitrogens is 3. The van der Waals surface area contributed by atoms with Crippen molar-refractivity contribution in [3.05, 3.63) is 126 Å². The Morgan fingerprint density at radius 1 is 0.486 bits per heavy atom. The molecule has 192 valence electrons. The van der Waals surface area contributed by atoms with Crippen LogP contribution in [-0.2, 0) is 32.7 Å². The second-order valence-electron chi connectivity index (χ2n) is 9.01. The lowest BCUT2D eigenvalue weighted by molar-refractivity contribution is 0.263. The predicted octanol–water partition coefficient (Wildman–Crippen LogP) is 3.54. The molecule has 37 heavy (non-hydrogen) atoms. The average Bonchev–Trinajstić information content (AvgIpc) is 2.96. The smallest absolute Gasteiger partial charge is 0.0541 e. The molecule has 3 N–H and O–H groups in total. The second kappa shape index (κ2) is 15.6. The van der Waals surface area contributed by atoms with Crippen molar-refractivity contribution in [1.82, 2.24) is 35.8 Å². The second-order valence-corrected chi connectivity index (χ2v) is 9.01. The van der Waals surface area contributed by atoms with Gasteiger partial charge in [-0.05, 0) is 47.5 Å². The maximum atomic E-state index is 4.40. The van der Waals surface area contributed by atoms with Crippen molar-refractivity contribution in [3.8, 4) is 0 Å². The average molecular weight is 496 g/mol. The number of nitrogens with one attached hydrogen (secondary N) is 3. The van der Waals surface area contributed by atoms with Gasteiger partial charge in [-0.1, -0.05) is 42.5 Å². The molecule has 0 saturated heterocycles. The molecule has 1 aromatic carbocycles. The minimum Gasteiger partial charge on any atom is -0.310 e. The summed E-state index contributed by atoms with van der Waals surface area (Å²) < 4.78 is 0. The summed E-state index contributed by atoms with van der Waals surface area (Å²) in [6.07, 6.45) is 5.52. The molecule has 4 rings (SSSR count). The van der Waals surface area contributed by atoms with Crippen LogP contribution in [0, 0.1) is 0 Å². The first-order valence-corrected chi connectivity index (χ1v) is 13.0. The van der Waals surface area contributed by atoms with E-state index in [4.69, 9.17) is 0 Å². The van der Waals surface area contributed by atoms with Crippen molar-refractivity contribution >= 4 is 0 Å². The van der Waals surface area contributed by atoms with E-state index in [1.54, 1.807) is 0 Å². The van der Waals surface area contributed by atoms with Crippen LogP contribution in [0.3, 0.4) is 0 Å².